The van der Waals surface area contributed by atoms with E-state index in [1.807, 2.05) is 0 Å². The van der Waals surface area contributed by atoms with Crippen molar-refractivity contribution in [2.24, 2.45) is 0 Å². The standard InChI is InChI=1S/C14H23N/c1-4-6-7-14(15-5-2)13-10-8-12(3)9-11-13/h8-11,14-15H,4-7H2,1-3H3. The van der Waals surface area contributed by atoms with E-state index in [1.54, 1.807) is 0 Å². The van der Waals surface area contributed by atoms with Crippen LogP contribution in [0.25, 0.3) is 0 Å². The summed E-state index contributed by atoms with van der Waals surface area (Å²) in [6.07, 6.45) is 3.81. The maximum absolute atomic E-state index is 3.55. The van der Waals surface area contributed by atoms with Crippen molar-refractivity contribution in [3.8, 4) is 0 Å². The third-order valence-electron chi connectivity index (χ3n) is 2.78. The molecule has 0 radical (unpaired) electrons. The van der Waals surface area contributed by atoms with Gasteiger partial charge in [0.05, 0.1) is 0 Å². The van der Waals surface area contributed by atoms with E-state index in [-0.39, 0.29) is 0 Å². The predicted octanol–water partition coefficient (Wildman–Crippen LogP) is 3.84. The van der Waals surface area contributed by atoms with E-state index < -0.39 is 0 Å². The van der Waals surface area contributed by atoms with Crippen LogP contribution in [0.3, 0.4) is 0 Å². The summed E-state index contributed by atoms with van der Waals surface area (Å²) in [5.74, 6) is 0. The molecule has 84 valence electrons. The van der Waals surface area contributed by atoms with Crippen LogP contribution in [0, 0.1) is 6.92 Å². The molecule has 0 heterocycles. The molecule has 0 aliphatic heterocycles. The van der Waals surface area contributed by atoms with Gasteiger partial charge in [-0.3, -0.25) is 0 Å². The number of rotatable bonds is 6. The monoisotopic (exact) mass is 205 g/mol. The minimum atomic E-state index is 0.538. The molecule has 0 bridgehead atoms. The topological polar surface area (TPSA) is 12.0 Å². The molecule has 1 aromatic carbocycles. The zero-order valence-electron chi connectivity index (χ0n) is 10.2. The fourth-order valence-electron chi connectivity index (χ4n) is 1.84. The summed E-state index contributed by atoms with van der Waals surface area (Å²) < 4.78 is 0. The maximum Gasteiger partial charge on any atom is 0.0320 e. The predicted molar refractivity (Wildman–Crippen MR) is 67.1 cm³/mol. The molecule has 0 saturated carbocycles. The Labute approximate surface area is 93.9 Å². The van der Waals surface area contributed by atoms with Gasteiger partial charge in [0.1, 0.15) is 0 Å². The Balaban J connectivity index is 2.65. The second kappa shape index (κ2) is 6.62. The first-order chi connectivity index (χ1) is 7.27. The average Bonchev–Trinajstić information content (AvgIpc) is 2.25. The van der Waals surface area contributed by atoms with Crippen LogP contribution in [0.2, 0.25) is 0 Å². The Morgan fingerprint density at radius 1 is 1.13 bits per heavy atom. The highest BCUT2D eigenvalue weighted by Crippen LogP contribution is 2.19. The maximum atomic E-state index is 3.55. The van der Waals surface area contributed by atoms with Gasteiger partial charge in [0.2, 0.25) is 0 Å². The van der Waals surface area contributed by atoms with Crippen molar-refractivity contribution in [3.05, 3.63) is 35.4 Å². The fourth-order valence-corrected chi connectivity index (χ4v) is 1.84. The lowest BCUT2D eigenvalue weighted by Crippen LogP contribution is -2.20. The Bertz CT molecular complexity index is 263. The van der Waals surface area contributed by atoms with Crippen molar-refractivity contribution in [3.63, 3.8) is 0 Å². The molecule has 1 aromatic rings. The molecule has 0 aliphatic rings. The third-order valence-corrected chi connectivity index (χ3v) is 2.78. The zero-order chi connectivity index (χ0) is 11.1. The third kappa shape index (κ3) is 4.05. The zero-order valence-corrected chi connectivity index (χ0v) is 10.2. The van der Waals surface area contributed by atoms with Gasteiger partial charge in [0.15, 0.2) is 0 Å². The molecule has 0 amide bonds. The number of hydrogen-bond donors (Lipinski definition) is 1. The van der Waals surface area contributed by atoms with Crippen molar-refractivity contribution in [1.29, 1.82) is 0 Å². The van der Waals surface area contributed by atoms with Crippen molar-refractivity contribution in [2.45, 2.75) is 46.1 Å². The summed E-state index contributed by atoms with van der Waals surface area (Å²) in [4.78, 5) is 0. The van der Waals surface area contributed by atoms with Gasteiger partial charge < -0.3 is 5.32 Å². The van der Waals surface area contributed by atoms with E-state index >= 15 is 0 Å². The molecule has 0 saturated heterocycles. The molecule has 1 rings (SSSR count). The quantitative estimate of drug-likeness (QED) is 0.744. The van der Waals surface area contributed by atoms with Gasteiger partial charge in [-0.1, -0.05) is 56.5 Å². The van der Waals surface area contributed by atoms with Crippen molar-refractivity contribution >= 4 is 0 Å². The van der Waals surface area contributed by atoms with E-state index in [0.29, 0.717) is 6.04 Å². The van der Waals surface area contributed by atoms with Gasteiger partial charge in [0.25, 0.3) is 0 Å². The second-order valence-corrected chi connectivity index (χ2v) is 4.16. The van der Waals surface area contributed by atoms with Crippen molar-refractivity contribution in [1.82, 2.24) is 5.32 Å². The number of benzene rings is 1. The minimum Gasteiger partial charge on any atom is -0.310 e. The summed E-state index contributed by atoms with van der Waals surface area (Å²) in [7, 11) is 0. The molecule has 0 aliphatic carbocycles. The van der Waals surface area contributed by atoms with Gasteiger partial charge in [-0.15, -0.1) is 0 Å². The first kappa shape index (κ1) is 12.3. The van der Waals surface area contributed by atoms with Crippen molar-refractivity contribution < 1.29 is 0 Å². The fraction of sp³-hybridized carbons (Fsp3) is 0.571. The highest BCUT2D eigenvalue weighted by molar-refractivity contribution is 5.24. The van der Waals surface area contributed by atoms with E-state index in [4.69, 9.17) is 0 Å². The average molecular weight is 205 g/mol. The molecule has 1 heteroatoms. The van der Waals surface area contributed by atoms with Crippen LogP contribution in [-0.2, 0) is 0 Å². The van der Waals surface area contributed by atoms with Crippen LogP contribution >= 0.6 is 0 Å². The summed E-state index contributed by atoms with van der Waals surface area (Å²) in [6, 6.07) is 9.43. The second-order valence-electron chi connectivity index (χ2n) is 4.16. The molecule has 1 N–H and O–H groups in total. The highest BCUT2D eigenvalue weighted by atomic mass is 14.9. The molecule has 0 fully saturated rings. The summed E-state index contributed by atoms with van der Waals surface area (Å²) in [5.41, 5.74) is 2.76. The lowest BCUT2D eigenvalue weighted by atomic mass is 10.00. The van der Waals surface area contributed by atoms with E-state index in [2.05, 4.69) is 50.4 Å². The molecular formula is C14H23N. The van der Waals surface area contributed by atoms with Crippen LogP contribution in [0.5, 0.6) is 0 Å². The Kier molecular flexibility index (Phi) is 5.41. The van der Waals surface area contributed by atoms with Crippen molar-refractivity contribution in [2.75, 3.05) is 6.54 Å². The lowest BCUT2D eigenvalue weighted by Gasteiger charge is -2.18. The molecule has 1 unspecified atom stereocenters. The highest BCUT2D eigenvalue weighted by Gasteiger charge is 2.08. The van der Waals surface area contributed by atoms with Gasteiger partial charge >= 0.3 is 0 Å². The van der Waals surface area contributed by atoms with Gasteiger partial charge in [-0.05, 0) is 25.5 Å². The Morgan fingerprint density at radius 2 is 1.80 bits per heavy atom. The van der Waals surface area contributed by atoms with Crippen LogP contribution in [0.15, 0.2) is 24.3 Å². The van der Waals surface area contributed by atoms with Gasteiger partial charge in [-0.25, -0.2) is 0 Å². The normalized spacial score (nSPS) is 12.7. The van der Waals surface area contributed by atoms with Crippen LogP contribution in [0.1, 0.15) is 50.3 Å². The van der Waals surface area contributed by atoms with E-state index in [1.165, 1.54) is 30.4 Å². The molecule has 0 spiro atoms. The first-order valence-corrected chi connectivity index (χ1v) is 6.07. The van der Waals surface area contributed by atoms with Crippen LogP contribution in [-0.4, -0.2) is 6.54 Å². The Hall–Kier alpha value is -0.820. The van der Waals surface area contributed by atoms with E-state index in [0.717, 1.165) is 6.54 Å². The first-order valence-electron chi connectivity index (χ1n) is 6.07. The van der Waals surface area contributed by atoms with E-state index in [9.17, 15) is 0 Å². The molecule has 15 heavy (non-hydrogen) atoms. The number of aryl methyl sites for hydroxylation is 1. The van der Waals surface area contributed by atoms with Crippen LogP contribution in [0.4, 0.5) is 0 Å². The SMILES string of the molecule is CCCCC(NCC)c1ccc(C)cc1. The lowest BCUT2D eigenvalue weighted by molar-refractivity contribution is 0.494. The molecule has 1 atom stereocenters. The molecule has 0 aromatic heterocycles. The molecular weight excluding hydrogens is 182 g/mol. The summed E-state index contributed by atoms with van der Waals surface area (Å²) in [6.45, 7) is 7.60. The largest absolute Gasteiger partial charge is 0.310 e. The summed E-state index contributed by atoms with van der Waals surface area (Å²) in [5, 5.41) is 3.55. The van der Waals surface area contributed by atoms with Crippen LogP contribution < -0.4 is 5.32 Å². The minimum absolute atomic E-state index is 0.538. The number of hydrogen-bond acceptors (Lipinski definition) is 1. The summed E-state index contributed by atoms with van der Waals surface area (Å²) >= 11 is 0. The van der Waals surface area contributed by atoms with Gasteiger partial charge in [0, 0.05) is 6.04 Å². The smallest absolute Gasteiger partial charge is 0.0320 e. The number of unbranched alkanes of at least 4 members (excludes halogenated alkanes) is 1. The van der Waals surface area contributed by atoms with Gasteiger partial charge in [-0.2, -0.15) is 0 Å². The Morgan fingerprint density at radius 3 is 2.33 bits per heavy atom. The molecule has 1 nitrogen and oxygen atoms in total. The number of nitrogens with one attached hydrogen (secondary N) is 1.